The first-order valence-electron chi connectivity index (χ1n) is 7.33. The van der Waals surface area contributed by atoms with E-state index in [9.17, 15) is 5.11 Å². The summed E-state index contributed by atoms with van der Waals surface area (Å²) in [4.78, 5) is 0. The molecule has 0 fully saturated rings. The van der Waals surface area contributed by atoms with Gasteiger partial charge in [0.15, 0.2) is 0 Å². The van der Waals surface area contributed by atoms with Crippen molar-refractivity contribution >= 4 is 0 Å². The van der Waals surface area contributed by atoms with Gasteiger partial charge in [-0.1, -0.05) is 26.0 Å². The highest BCUT2D eigenvalue weighted by molar-refractivity contribution is 5.33. The van der Waals surface area contributed by atoms with Crippen molar-refractivity contribution < 1.29 is 5.11 Å². The lowest BCUT2D eigenvalue weighted by Crippen LogP contribution is -2.26. The number of aliphatic hydroxyl groups is 1. The maximum Gasteiger partial charge on any atom is 0.0991 e. The van der Waals surface area contributed by atoms with E-state index < -0.39 is 0 Å². The van der Waals surface area contributed by atoms with Gasteiger partial charge in [0.1, 0.15) is 0 Å². The summed E-state index contributed by atoms with van der Waals surface area (Å²) in [5, 5.41) is 19.1. The van der Waals surface area contributed by atoms with Crippen LogP contribution in [-0.4, -0.2) is 9.67 Å². The van der Waals surface area contributed by atoms with Crippen molar-refractivity contribution in [2.75, 3.05) is 0 Å². The van der Waals surface area contributed by atoms with E-state index in [1.807, 2.05) is 30.3 Å². The molecule has 108 valence electrons. The van der Waals surface area contributed by atoms with Gasteiger partial charge in [-0.2, -0.15) is 5.26 Å². The second-order valence-corrected chi connectivity index (χ2v) is 6.72. The number of hydrogen-bond donors (Lipinski definition) is 1. The summed E-state index contributed by atoms with van der Waals surface area (Å²) in [7, 11) is 0. The van der Waals surface area contributed by atoms with E-state index in [0.29, 0.717) is 5.56 Å². The standard InChI is InChI=1S/C18H20N2O/c1-18(2)9-16-15(17(21)10-18)7-8-20(16)12-14-5-3-13(11-19)4-6-14/h3-8,17,21H,9-10,12H2,1-2H3. The number of nitrogens with zero attached hydrogens (tertiary/aromatic N) is 2. The molecule has 0 bridgehead atoms. The Morgan fingerprint density at radius 2 is 2.00 bits per heavy atom. The van der Waals surface area contributed by atoms with E-state index in [4.69, 9.17) is 5.26 Å². The molecule has 1 atom stereocenters. The predicted octanol–water partition coefficient (Wildman–Crippen LogP) is 3.41. The Morgan fingerprint density at radius 1 is 1.29 bits per heavy atom. The fourth-order valence-electron chi connectivity index (χ4n) is 3.22. The SMILES string of the molecule is CC1(C)Cc2c(ccn2Cc2ccc(C#N)cc2)C(O)C1. The van der Waals surface area contributed by atoms with Crippen LogP contribution in [0, 0.1) is 16.7 Å². The van der Waals surface area contributed by atoms with Crippen LogP contribution in [0.4, 0.5) is 0 Å². The van der Waals surface area contributed by atoms with E-state index >= 15 is 0 Å². The lowest BCUT2D eigenvalue weighted by molar-refractivity contribution is 0.0981. The van der Waals surface area contributed by atoms with E-state index in [-0.39, 0.29) is 11.5 Å². The van der Waals surface area contributed by atoms with Gasteiger partial charge in [-0.05, 0) is 42.0 Å². The van der Waals surface area contributed by atoms with Gasteiger partial charge in [0.05, 0.1) is 17.7 Å². The van der Waals surface area contributed by atoms with Gasteiger partial charge >= 0.3 is 0 Å². The maximum absolute atomic E-state index is 10.3. The number of rotatable bonds is 2. The van der Waals surface area contributed by atoms with Crippen molar-refractivity contribution in [3.05, 3.63) is 58.9 Å². The maximum atomic E-state index is 10.3. The molecule has 1 aromatic heterocycles. The zero-order valence-electron chi connectivity index (χ0n) is 12.5. The van der Waals surface area contributed by atoms with Crippen LogP contribution in [0.2, 0.25) is 0 Å². The summed E-state index contributed by atoms with van der Waals surface area (Å²) < 4.78 is 2.22. The Morgan fingerprint density at radius 3 is 2.67 bits per heavy atom. The van der Waals surface area contributed by atoms with Crippen LogP contribution in [0.1, 0.15) is 48.8 Å². The first kappa shape index (κ1) is 13.9. The molecule has 0 aliphatic heterocycles. The van der Waals surface area contributed by atoms with Gasteiger partial charge < -0.3 is 9.67 Å². The lowest BCUT2D eigenvalue weighted by Gasteiger charge is -2.34. The molecule has 0 saturated carbocycles. The van der Waals surface area contributed by atoms with Gasteiger partial charge in [0.25, 0.3) is 0 Å². The zero-order valence-corrected chi connectivity index (χ0v) is 12.5. The normalized spacial score (nSPS) is 19.8. The van der Waals surface area contributed by atoms with Crippen molar-refractivity contribution in [3.8, 4) is 6.07 Å². The molecule has 1 aliphatic rings. The minimum absolute atomic E-state index is 0.132. The van der Waals surface area contributed by atoms with Crippen molar-refractivity contribution in [3.63, 3.8) is 0 Å². The minimum atomic E-state index is -0.356. The van der Waals surface area contributed by atoms with Crippen LogP contribution >= 0.6 is 0 Å². The fourth-order valence-corrected chi connectivity index (χ4v) is 3.22. The monoisotopic (exact) mass is 280 g/mol. The van der Waals surface area contributed by atoms with Crippen LogP contribution in [-0.2, 0) is 13.0 Å². The average Bonchev–Trinajstić information content (AvgIpc) is 2.81. The Hall–Kier alpha value is -2.05. The van der Waals surface area contributed by atoms with Gasteiger partial charge in [-0.15, -0.1) is 0 Å². The number of nitriles is 1. The molecule has 0 amide bonds. The van der Waals surface area contributed by atoms with Crippen molar-refractivity contribution in [1.29, 1.82) is 5.26 Å². The van der Waals surface area contributed by atoms with Gasteiger partial charge in [-0.3, -0.25) is 0 Å². The van der Waals surface area contributed by atoms with Crippen LogP contribution < -0.4 is 0 Å². The van der Waals surface area contributed by atoms with Crippen LogP contribution in [0.5, 0.6) is 0 Å². The Bertz CT molecular complexity index is 689. The Balaban J connectivity index is 1.89. The second-order valence-electron chi connectivity index (χ2n) is 6.72. The molecule has 21 heavy (non-hydrogen) atoms. The van der Waals surface area contributed by atoms with Gasteiger partial charge in [0, 0.05) is 24.0 Å². The van der Waals surface area contributed by atoms with Crippen LogP contribution in [0.15, 0.2) is 36.5 Å². The van der Waals surface area contributed by atoms with E-state index in [0.717, 1.165) is 24.9 Å². The molecule has 3 heteroatoms. The number of fused-ring (bicyclic) bond motifs is 1. The molecule has 3 nitrogen and oxygen atoms in total. The quantitative estimate of drug-likeness (QED) is 0.916. The largest absolute Gasteiger partial charge is 0.388 e. The predicted molar refractivity (Wildman–Crippen MR) is 81.8 cm³/mol. The van der Waals surface area contributed by atoms with E-state index in [1.54, 1.807) is 0 Å². The van der Waals surface area contributed by atoms with E-state index in [1.165, 1.54) is 11.3 Å². The second kappa shape index (κ2) is 5.05. The summed E-state index contributed by atoms with van der Waals surface area (Å²) in [5.74, 6) is 0. The van der Waals surface area contributed by atoms with Crippen molar-refractivity contribution in [2.45, 2.75) is 39.3 Å². The molecule has 1 heterocycles. The molecule has 1 aliphatic carbocycles. The highest BCUT2D eigenvalue weighted by Gasteiger charge is 2.33. The molecule has 3 rings (SSSR count). The smallest absolute Gasteiger partial charge is 0.0991 e. The van der Waals surface area contributed by atoms with Gasteiger partial charge in [-0.25, -0.2) is 0 Å². The number of aromatic nitrogens is 1. The van der Waals surface area contributed by atoms with Crippen LogP contribution in [0.3, 0.4) is 0 Å². The van der Waals surface area contributed by atoms with Crippen LogP contribution in [0.25, 0.3) is 0 Å². The Kier molecular flexibility index (Phi) is 3.35. The molecular formula is C18H20N2O. The first-order chi connectivity index (χ1) is 9.98. The summed E-state index contributed by atoms with van der Waals surface area (Å²) in [6.45, 7) is 5.19. The number of benzene rings is 1. The summed E-state index contributed by atoms with van der Waals surface area (Å²) in [6.07, 6.45) is 3.52. The summed E-state index contributed by atoms with van der Waals surface area (Å²) in [6, 6.07) is 11.9. The average molecular weight is 280 g/mol. The highest BCUT2D eigenvalue weighted by atomic mass is 16.3. The number of aliphatic hydroxyl groups excluding tert-OH is 1. The molecule has 1 unspecified atom stereocenters. The highest BCUT2D eigenvalue weighted by Crippen LogP contribution is 2.41. The molecule has 1 aromatic carbocycles. The lowest BCUT2D eigenvalue weighted by atomic mass is 9.75. The Labute approximate surface area is 125 Å². The number of hydrogen-bond acceptors (Lipinski definition) is 2. The van der Waals surface area contributed by atoms with Crippen molar-refractivity contribution in [2.24, 2.45) is 5.41 Å². The third kappa shape index (κ3) is 2.72. The molecule has 0 spiro atoms. The van der Waals surface area contributed by atoms with Crippen molar-refractivity contribution in [1.82, 2.24) is 4.57 Å². The molecule has 1 N–H and O–H groups in total. The topological polar surface area (TPSA) is 49.0 Å². The third-order valence-electron chi connectivity index (χ3n) is 4.30. The third-order valence-corrected chi connectivity index (χ3v) is 4.30. The fraction of sp³-hybridized carbons (Fsp3) is 0.389. The summed E-state index contributed by atoms with van der Waals surface area (Å²) >= 11 is 0. The molecule has 0 saturated heterocycles. The van der Waals surface area contributed by atoms with E-state index in [2.05, 4.69) is 30.7 Å². The first-order valence-corrected chi connectivity index (χ1v) is 7.33. The molecular weight excluding hydrogens is 260 g/mol. The zero-order chi connectivity index (χ0) is 15.0. The summed E-state index contributed by atoms with van der Waals surface area (Å²) in [5.41, 5.74) is 4.30. The van der Waals surface area contributed by atoms with Gasteiger partial charge in [0.2, 0.25) is 0 Å². The minimum Gasteiger partial charge on any atom is -0.388 e. The molecule has 0 radical (unpaired) electrons. The molecule has 2 aromatic rings.